The number of fused-ring (bicyclic) bond motifs is 1. The van der Waals surface area contributed by atoms with Gasteiger partial charge in [-0.25, -0.2) is 9.37 Å². The van der Waals surface area contributed by atoms with E-state index in [0.29, 0.717) is 34.2 Å². The lowest BCUT2D eigenvalue weighted by Gasteiger charge is -2.33. The molecule has 10 heteroatoms. The summed E-state index contributed by atoms with van der Waals surface area (Å²) in [5.74, 6) is 0.771. The maximum atomic E-state index is 16.3. The minimum absolute atomic E-state index is 0.261. The van der Waals surface area contributed by atoms with E-state index in [1.54, 1.807) is 18.5 Å². The van der Waals surface area contributed by atoms with Gasteiger partial charge in [0.05, 0.1) is 34.2 Å². The average Bonchev–Trinajstić information content (AvgIpc) is 3.76. The molecule has 0 radical (unpaired) electrons. The SMILES string of the molecule is C=C(/C(F)=c1/c(-c2nc3c(N4CCN(C)CC4)cncc3[nH]2)n[nH]/c1=C/C)c1cncc(CNCC2CCCC2)c1. The second kappa shape index (κ2) is 11.9. The standard InChI is InChI=1S/C31H38FN9/c1-4-24-27(28(32)20(2)23-13-22(16-34-17-23)15-33-14-21-7-5-6-8-21)30(39-38-24)31-36-25-18-35-19-26(29(25)37-31)41-11-9-40(3)10-12-41/h4,13,16-19,21,33,38H,2,5-12,14-15H2,1,3H3,(H,36,37)/b24-4+,28-27-. The van der Waals surface area contributed by atoms with Crippen molar-refractivity contribution in [3.05, 3.63) is 59.1 Å². The zero-order valence-electron chi connectivity index (χ0n) is 23.9. The minimum Gasteiger partial charge on any atom is -0.366 e. The molecule has 1 saturated heterocycles. The van der Waals surface area contributed by atoms with Gasteiger partial charge in [-0.3, -0.25) is 15.1 Å². The molecule has 0 amide bonds. The number of aromatic amines is 2. The summed E-state index contributed by atoms with van der Waals surface area (Å²) in [6.07, 6.45) is 14.1. The molecule has 5 heterocycles. The van der Waals surface area contributed by atoms with E-state index < -0.39 is 5.83 Å². The summed E-state index contributed by atoms with van der Waals surface area (Å²) in [7, 11) is 2.13. The number of anilines is 1. The van der Waals surface area contributed by atoms with Gasteiger partial charge < -0.3 is 20.1 Å². The number of imidazole rings is 1. The van der Waals surface area contributed by atoms with E-state index >= 15 is 4.39 Å². The summed E-state index contributed by atoms with van der Waals surface area (Å²) in [5.41, 5.74) is 4.87. The molecule has 0 bridgehead atoms. The molecule has 6 rings (SSSR count). The van der Waals surface area contributed by atoms with E-state index in [4.69, 9.17) is 4.98 Å². The number of piperazine rings is 1. The molecular formula is C31H38FN9. The van der Waals surface area contributed by atoms with Crippen molar-refractivity contribution in [1.29, 1.82) is 0 Å². The highest BCUT2D eigenvalue weighted by Crippen LogP contribution is 2.28. The smallest absolute Gasteiger partial charge is 0.159 e. The summed E-state index contributed by atoms with van der Waals surface area (Å²) >= 11 is 0. The molecule has 4 aromatic heterocycles. The van der Waals surface area contributed by atoms with Crippen LogP contribution in [0.2, 0.25) is 0 Å². The normalized spacial score (nSPS) is 18.0. The molecule has 2 aliphatic rings. The van der Waals surface area contributed by atoms with Crippen LogP contribution in [-0.4, -0.2) is 74.8 Å². The molecule has 1 aliphatic carbocycles. The van der Waals surface area contributed by atoms with Gasteiger partial charge in [0, 0.05) is 56.3 Å². The lowest BCUT2D eigenvalue weighted by Crippen LogP contribution is -2.44. The highest BCUT2D eigenvalue weighted by Gasteiger charge is 2.21. The van der Waals surface area contributed by atoms with Crippen molar-refractivity contribution in [2.45, 2.75) is 39.2 Å². The molecule has 0 unspecified atom stereocenters. The van der Waals surface area contributed by atoms with Crippen LogP contribution in [0.3, 0.4) is 0 Å². The van der Waals surface area contributed by atoms with Crippen molar-refractivity contribution in [3.63, 3.8) is 0 Å². The highest BCUT2D eigenvalue weighted by atomic mass is 19.1. The Kier molecular flexibility index (Phi) is 7.93. The Labute approximate surface area is 239 Å². The molecular weight excluding hydrogens is 517 g/mol. The molecule has 1 saturated carbocycles. The monoisotopic (exact) mass is 555 g/mol. The van der Waals surface area contributed by atoms with Crippen molar-refractivity contribution in [1.82, 2.24) is 40.3 Å². The van der Waals surface area contributed by atoms with E-state index in [1.165, 1.54) is 25.7 Å². The van der Waals surface area contributed by atoms with E-state index in [-0.39, 0.29) is 5.57 Å². The Morgan fingerprint density at radius 1 is 1.12 bits per heavy atom. The topological polar surface area (TPSA) is 102 Å². The summed E-state index contributed by atoms with van der Waals surface area (Å²) in [5, 5.41) is 11.9. The lowest BCUT2D eigenvalue weighted by molar-refractivity contribution is 0.313. The maximum Gasteiger partial charge on any atom is 0.159 e. The molecule has 0 aromatic carbocycles. The quantitative estimate of drug-likeness (QED) is 0.307. The predicted octanol–water partition coefficient (Wildman–Crippen LogP) is 3.37. The third-order valence-corrected chi connectivity index (χ3v) is 8.39. The first-order chi connectivity index (χ1) is 20.0. The Balaban J connectivity index is 1.32. The number of hydrogen-bond acceptors (Lipinski definition) is 7. The second-order valence-corrected chi connectivity index (χ2v) is 11.2. The fourth-order valence-electron chi connectivity index (χ4n) is 5.93. The zero-order valence-corrected chi connectivity index (χ0v) is 23.9. The van der Waals surface area contributed by atoms with Gasteiger partial charge in [-0.1, -0.05) is 25.5 Å². The first-order valence-electron chi connectivity index (χ1n) is 14.5. The molecule has 3 N–H and O–H groups in total. The summed E-state index contributed by atoms with van der Waals surface area (Å²) in [6.45, 7) is 11.4. The number of hydrogen-bond donors (Lipinski definition) is 3. The fraction of sp³-hybridized carbons (Fsp3) is 0.419. The van der Waals surface area contributed by atoms with Crippen LogP contribution in [0.4, 0.5) is 10.1 Å². The zero-order chi connectivity index (χ0) is 28.3. The Bertz CT molecular complexity index is 1660. The Morgan fingerprint density at radius 3 is 2.68 bits per heavy atom. The molecule has 2 fully saturated rings. The molecule has 41 heavy (non-hydrogen) atoms. The van der Waals surface area contributed by atoms with Gasteiger partial charge in [0.2, 0.25) is 0 Å². The number of rotatable bonds is 8. The van der Waals surface area contributed by atoms with Gasteiger partial charge in [-0.2, -0.15) is 5.10 Å². The van der Waals surface area contributed by atoms with Crippen LogP contribution in [-0.2, 0) is 6.54 Å². The van der Waals surface area contributed by atoms with Crippen LogP contribution >= 0.6 is 0 Å². The molecule has 0 spiro atoms. The van der Waals surface area contributed by atoms with Gasteiger partial charge in [-0.15, -0.1) is 0 Å². The third kappa shape index (κ3) is 5.67. The fourth-order valence-corrected chi connectivity index (χ4v) is 5.93. The van der Waals surface area contributed by atoms with Gasteiger partial charge in [0.1, 0.15) is 17.0 Å². The number of halogens is 1. The van der Waals surface area contributed by atoms with Crippen LogP contribution in [0.1, 0.15) is 43.7 Å². The van der Waals surface area contributed by atoms with Crippen molar-refractivity contribution in [3.8, 4) is 11.5 Å². The Morgan fingerprint density at radius 2 is 1.90 bits per heavy atom. The second-order valence-electron chi connectivity index (χ2n) is 11.2. The van der Waals surface area contributed by atoms with Crippen molar-refractivity contribution in [2.75, 3.05) is 44.7 Å². The van der Waals surface area contributed by atoms with Gasteiger partial charge in [0.15, 0.2) is 5.82 Å². The summed E-state index contributed by atoms with van der Waals surface area (Å²) in [6, 6.07) is 1.96. The molecule has 214 valence electrons. The van der Waals surface area contributed by atoms with Gasteiger partial charge >= 0.3 is 0 Å². The van der Waals surface area contributed by atoms with Gasteiger partial charge in [0.25, 0.3) is 0 Å². The van der Waals surface area contributed by atoms with E-state index in [1.807, 2.05) is 25.4 Å². The van der Waals surface area contributed by atoms with E-state index in [9.17, 15) is 0 Å². The lowest BCUT2D eigenvalue weighted by atomic mass is 10.0. The van der Waals surface area contributed by atoms with Crippen LogP contribution < -0.4 is 20.8 Å². The molecule has 1 aliphatic heterocycles. The van der Waals surface area contributed by atoms with Gasteiger partial charge in [-0.05, 0) is 50.9 Å². The van der Waals surface area contributed by atoms with Crippen LogP contribution in [0.25, 0.3) is 40.0 Å². The number of H-pyrrole nitrogens is 2. The number of likely N-dealkylation sites (N-methyl/N-ethyl adjacent to an activating group) is 1. The maximum absolute atomic E-state index is 16.3. The van der Waals surface area contributed by atoms with Crippen molar-refractivity contribution < 1.29 is 4.39 Å². The van der Waals surface area contributed by atoms with Crippen molar-refractivity contribution in [2.24, 2.45) is 5.92 Å². The number of pyridine rings is 2. The number of allylic oxidation sites excluding steroid dienone is 1. The predicted molar refractivity (Wildman–Crippen MR) is 162 cm³/mol. The largest absolute Gasteiger partial charge is 0.366 e. The number of nitrogens with zero attached hydrogens (tertiary/aromatic N) is 6. The minimum atomic E-state index is -0.461. The summed E-state index contributed by atoms with van der Waals surface area (Å²) < 4.78 is 16.3. The number of nitrogens with one attached hydrogen (secondary N) is 3. The van der Waals surface area contributed by atoms with Crippen LogP contribution in [0, 0.1) is 5.92 Å². The van der Waals surface area contributed by atoms with E-state index in [0.717, 1.165) is 60.9 Å². The molecule has 4 aromatic rings. The number of aromatic nitrogens is 6. The van der Waals surface area contributed by atoms with E-state index in [2.05, 4.69) is 53.9 Å². The van der Waals surface area contributed by atoms with Crippen molar-refractivity contribution >= 4 is 34.2 Å². The van der Waals surface area contributed by atoms with Crippen LogP contribution in [0.5, 0.6) is 0 Å². The highest BCUT2D eigenvalue weighted by molar-refractivity contribution is 5.94. The average molecular weight is 556 g/mol. The molecule has 9 nitrogen and oxygen atoms in total. The Hall–Kier alpha value is -3.89. The molecule has 0 atom stereocenters. The third-order valence-electron chi connectivity index (χ3n) is 8.39. The summed E-state index contributed by atoms with van der Waals surface area (Å²) in [4.78, 5) is 21.7. The van der Waals surface area contributed by atoms with Crippen LogP contribution in [0.15, 0.2) is 37.4 Å². The first kappa shape index (κ1) is 27.3. The first-order valence-corrected chi connectivity index (χ1v) is 14.5.